The number of benzene rings is 2. The summed E-state index contributed by atoms with van der Waals surface area (Å²) in [4.78, 5) is 4.53. The van der Waals surface area contributed by atoms with Crippen molar-refractivity contribution < 1.29 is 9.47 Å². The predicted octanol–water partition coefficient (Wildman–Crippen LogP) is 5.14. The minimum absolute atomic E-state index is 0.145. The van der Waals surface area contributed by atoms with Crippen LogP contribution in [0.1, 0.15) is 36.6 Å². The van der Waals surface area contributed by atoms with Gasteiger partial charge in [0, 0.05) is 11.3 Å². The molecule has 2 N–H and O–H groups in total. The van der Waals surface area contributed by atoms with Gasteiger partial charge >= 0.3 is 0 Å². The normalized spacial score (nSPS) is 12.1. The lowest BCUT2D eigenvalue weighted by Crippen LogP contribution is -2.07. The third-order valence-electron chi connectivity index (χ3n) is 4.36. The number of nitrogens with zero attached hydrogens (tertiary/aromatic N) is 1. The smallest absolute Gasteiger partial charge is 0.180 e. The van der Waals surface area contributed by atoms with Gasteiger partial charge < -0.3 is 15.2 Å². The second-order valence-electron chi connectivity index (χ2n) is 6.99. The van der Waals surface area contributed by atoms with Gasteiger partial charge in [0.15, 0.2) is 5.13 Å². The van der Waals surface area contributed by atoms with Crippen LogP contribution in [0.5, 0.6) is 11.5 Å². The van der Waals surface area contributed by atoms with Crippen LogP contribution in [0.25, 0.3) is 0 Å². The molecule has 5 heteroatoms. The van der Waals surface area contributed by atoms with Gasteiger partial charge in [-0.15, -0.1) is 11.3 Å². The fourth-order valence-electron chi connectivity index (χ4n) is 2.91. The first kappa shape index (κ1) is 19.2. The topological polar surface area (TPSA) is 57.4 Å². The zero-order valence-electron chi connectivity index (χ0n) is 16.0. The third-order valence-corrected chi connectivity index (χ3v) is 5.05. The maximum absolute atomic E-state index is 5.88. The number of anilines is 1. The average molecular weight is 383 g/mol. The monoisotopic (exact) mass is 382 g/mol. The minimum Gasteiger partial charge on any atom is -0.497 e. The predicted molar refractivity (Wildman–Crippen MR) is 112 cm³/mol. The number of methoxy groups -OCH3 is 1. The molecule has 0 aliphatic rings. The molecule has 27 heavy (non-hydrogen) atoms. The first-order chi connectivity index (χ1) is 13.0. The van der Waals surface area contributed by atoms with Gasteiger partial charge in [-0.2, -0.15) is 0 Å². The lowest BCUT2D eigenvalue weighted by molar-refractivity contribution is 0.271. The Morgan fingerprint density at radius 1 is 1.00 bits per heavy atom. The Morgan fingerprint density at radius 3 is 2.22 bits per heavy atom. The van der Waals surface area contributed by atoms with Crippen molar-refractivity contribution in [2.24, 2.45) is 5.92 Å². The molecule has 0 amide bonds. The van der Waals surface area contributed by atoms with Crippen LogP contribution in [0.3, 0.4) is 0 Å². The summed E-state index contributed by atoms with van der Waals surface area (Å²) in [6.45, 7) is 5.02. The molecule has 0 spiro atoms. The Bertz CT molecular complexity index is 842. The maximum Gasteiger partial charge on any atom is 0.180 e. The van der Waals surface area contributed by atoms with E-state index in [0.29, 0.717) is 11.0 Å². The number of nitrogens with two attached hydrogens (primary N) is 1. The first-order valence-corrected chi connectivity index (χ1v) is 9.99. The molecule has 1 unspecified atom stereocenters. The van der Waals surface area contributed by atoms with E-state index in [9.17, 15) is 0 Å². The van der Waals surface area contributed by atoms with Gasteiger partial charge in [0.2, 0.25) is 0 Å². The Hall–Kier alpha value is -2.53. The lowest BCUT2D eigenvalue weighted by atomic mass is 9.89. The molecule has 0 aliphatic carbocycles. The van der Waals surface area contributed by atoms with E-state index < -0.39 is 0 Å². The molecule has 1 heterocycles. The van der Waals surface area contributed by atoms with Crippen LogP contribution in [-0.2, 0) is 6.42 Å². The van der Waals surface area contributed by atoms with Crippen LogP contribution in [0.2, 0.25) is 0 Å². The number of thiazole rings is 1. The van der Waals surface area contributed by atoms with Crippen LogP contribution in [0.4, 0.5) is 5.13 Å². The number of aromatic nitrogens is 1. The number of hydrogen-bond donors (Lipinski definition) is 1. The van der Waals surface area contributed by atoms with E-state index in [1.807, 2.05) is 29.6 Å². The number of hydrogen-bond acceptors (Lipinski definition) is 5. The summed E-state index contributed by atoms with van der Waals surface area (Å²) in [6, 6.07) is 16.5. The van der Waals surface area contributed by atoms with Crippen molar-refractivity contribution in [3.63, 3.8) is 0 Å². The highest BCUT2D eigenvalue weighted by Gasteiger charge is 2.18. The summed E-state index contributed by atoms with van der Waals surface area (Å²) in [5, 5.41) is 2.64. The quantitative estimate of drug-likeness (QED) is 0.586. The summed E-state index contributed by atoms with van der Waals surface area (Å²) in [5.74, 6) is 2.42. The van der Waals surface area contributed by atoms with E-state index in [-0.39, 0.29) is 5.92 Å². The van der Waals surface area contributed by atoms with Gasteiger partial charge in [0.1, 0.15) is 11.5 Å². The Balaban J connectivity index is 1.80. The van der Waals surface area contributed by atoms with Crippen molar-refractivity contribution in [2.45, 2.75) is 26.2 Å². The molecule has 0 saturated carbocycles. The molecule has 4 nitrogen and oxygen atoms in total. The third kappa shape index (κ3) is 5.23. The number of rotatable bonds is 8. The molecular formula is C22H26N2O2S. The van der Waals surface area contributed by atoms with Gasteiger partial charge in [0.05, 0.1) is 19.4 Å². The van der Waals surface area contributed by atoms with E-state index >= 15 is 0 Å². The summed E-state index contributed by atoms with van der Waals surface area (Å²) in [7, 11) is 1.68. The highest BCUT2D eigenvalue weighted by atomic mass is 32.1. The highest BCUT2D eigenvalue weighted by Crippen LogP contribution is 2.31. The highest BCUT2D eigenvalue weighted by molar-refractivity contribution is 7.13. The maximum atomic E-state index is 5.88. The van der Waals surface area contributed by atoms with Gasteiger partial charge in [-0.05, 0) is 47.7 Å². The molecule has 0 bridgehead atoms. The first-order valence-electron chi connectivity index (χ1n) is 9.11. The van der Waals surface area contributed by atoms with Crippen LogP contribution < -0.4 is 15.2 Å². The second-order valence-corrected chi connectivity index (χ2v) is 7.88. The van der Waals surface area contributed by atoms with Crippen molar-refractivity contribution in [2.75, 3.05) is 19.5 Å². The molecule has 3 rings (SSSR count). The van der Waals surface area contributed by atoms with Crippen molar-refractivity contribution in [3.8, 4) is 11.5 Å². The van der Waals surface area contributed by atoms with Crippen LogP contribution in [0, 0.1) is 5.92 Å². The van der Waals surface area contributed by atoms with Crippen LogP contribution in [-0.4, -0.2) is 18.7 Å². The Morgan fingerprint density at radius 2 is 1.67 bits per heavy atom. The van der Waals surface area contributed by atoms with Crippen molar-refractivity contribution in [1.82, 2.24) is 4.98 Å². The molecule has 0 radical (unpaired) electrons. The van der Waals surface area contributed by atoms with E-state index in [0.717, 1.165) is 30.2 Å². The van der Waals surface area contributed by atoms with Crippen molar-refractivity contribution in [3.05, 3.63) is 70.7 Å². The summed E-state index contributed by atoms with van der Waals surface area (Å²) in [5.41, 5.74) is 9.32. The van der Waals surface area contributed by atoms with Crippen molar-refractivity contribution in [1.29, 1.82) is 0 Å². The largest absolute Gasteiger partial charge is 0.497 e. The van der Waals surface area contributed by atoms with Crippen LogP contribution in [0.15, 0.2) is 53.9 Å². The molecule has 0 saturated heterocycles. The number of ether oxygens (including phenoxy) is 2. The van der Waals surface area contributed by atoms with Gasteiger partial charge in [-0.1, -0.05) is 38.1 Å². The van der Waals surface area contributed by atoms with Gasteiger partial charge in [-0.3, -0.25) is 0 Å². The molecule has 142 valence electrons. The molecular weight excluding hydrogens is 356 g/mol. The summed E-state index contributed by atoms with van der Waals surface area (Å²) < 4.78 is 11.1. The fourth-order valence-corrected chi connectivity index (χ4v) is 3.53. The van der Waals surface area contributed by atoms with E-state index in [4.69, 9.17) is 15.2 Å². The molecule has 0 aliphatic heterocycles. The Labute approximate surface area is 165 Å². The number of nitrogen functional groups attached to an aromatic ring is 1. The zero-order valence-corrected chi connectivity index (χ0v) is 16.8. The lowest BCUT2D eigenvalue weighted by Gasteiger charge is -2.17. The molecule has 1 atom stereocenters. The van der Waals surface area contributed by atoms with E-state index in [1.54, 1.807) is 7.11 Å². The van der Waals surface area contributed by atoms with Gasteiger partial charge in [-0.25, -0.2) is 4.98 Å². The average Bonchev–Trinajstić information content (AvgIpc) is 3.11. The van der Waals surface area contributed by atoms with Crippen LogP contribution >= 0.6 is 11.3 Å². The van der Waals surface area contributed by atoms with E-state index in [2.05, 4.69) is 43.1 Å². The Kier molecular flexibility index (Phi) is 6.35. The summed E-state index contributed by atoms with van der Waals surface area (Å²) in [6.07, 6.45) is 0.847. The molecule has 1 aromatic heterocycles. The molecule has 0 fully saturated rings. The standard InChI is InChI=1S/C22H26N2O2S/c1-15(2)13-26-19-8-4-16(5-9-19)12-20(21-14-27-22(23)24-21)17-6-10-18(25-3)11-7-17/h4-11,14-15,20H,12-13H2,1-3H3,(H2,23,24). The van der Waals surface area contributed by atoms with Crippen molar-refractivity contribution >= 4 is 16.5 Å². The molecule has 2 aromatic carbocycles. The fraction of sp³-hybridized carbons (Fsp3) is 0.318. The zero-order chi connectivity index (χ0) is 19.2. The SMILES string of the molecule is COc1ccc(C(Cc2ccc(OCC(C)C)cc2)c2csc(N)n2)cc1. The van der Waals surface area contributed by atoms with E-state index in [1.165, 1.54) is 22.5 Å². The second kappa shape index (κ2) is 8.91. The molecule has 3 aromatic rings. The minimum atomic E-state index is 0.145. The summed E-state index contributed by atoms with van der Waals surface area (Å²) >= 11 is 1.48. The van der Waals surface area contributed by atoms with Gasteiger partial charge in [0.25, 0.3) is 0 Å².